The summed E-state index contributed by atoms with van der Waals surface area (Å²) in [5.74, 6) is 1.02. The predicted octanol–water partition coefficient (Wildman–Crippen LogP) is 3.75. The SMILES string of the molecule is CCC[C@@H](c1nnnn1C1CCCCC1)N1CCN(c2ccc([N+](=O)[O-])cc2)CC1. The zero-order valence-corrected chi connectivity index (χ0v) is 17.7. The summed E-state index contributed by atoms with van der Waals surface area (Å²) < 4.78 is 2.11. The van der Waals surface area contributed by atoms with E-state index in [1.807, 2.05) is 12.1 Å². The van der Waals surface area contributed by atoms with Crippen molar-refractivity contribution < 1.29 is 4.92 Å². The van der Waals surface area contributed by atoms with Crippen LogP contribution in [0, 0.1) is 10.1 Å². The Morgan fingerprint density at radius 3 is 2.43 bits per heavy atom. The lowest BCUT2D eigenvalue weighted by Crippen LogP contribution is -2.48. The third-order valence-electron chi connectivity index (χ3n) is 6.48. The fourth-order valence-electron chi connectivity index (χ4n) is 4.83. The molecule has 9 nitrogen and oxygen atoms in total. The molecule has 0 N–H and O–H groups in total. The van der Waals surface area contributed by atoms with E-state index in [-0.39, 0.29) is 16.7 Å². The summed E-state index contributed by atoms with van der Waals surface area (Å²) in [6, 6.07) is 7.54. The minimum Gasteiger partial charge on any atom is -0.369 e. The van der Waals surface area contributed by atoms with Crippen LogP contribution >= 0.6 is 0 Å². The van der Waals surface area contributed by atoms with E-state index in [1.54, 1.807) is 12.1 Å². The van der Waals surface area contributed by atoms with Crippen molar-refractivity contribution in [2.75, 3.05) is 31.1 Å². The number of nitro benzene ring substituents is 1. The van der Waals surface area contributed by atoms with Gasteiger partial charge in [-0.15, -0.1) is 5.10 Å². The van der Waals surface area contributed by atoms with Crippen LogP contribution in [0.3, 0.4) is 0 Å². The molecule has 0 unspecified atom stereocenters. The predicted molar refractivity (Wildman–Crippen MR) is 114 cm³/mol. The Morgan fingerprint density at radius 2 is 1.80 bits per heavy atom. The third kappa shape index (κ3) is 4.45. The van der Waals surface area contributed by atoms with Crippen LogP contribution in [0.1, 0.15) is 69.8 Å². The highest BCUT2D eigenvalue weighted by Crippen LogP contribution is 2.32. The Labute approximate surface area is 177 Å². The third-order valence-corrected chi connectivity index (χ3v) is 6.48. The summed E-state index contributed by atoms with van der Waals surface area (Å²) in [4.78, 5) is 15.3. The fourth-order valence-corrected chi connectivity index (χ4v) is 4.83. The first-order valence-electron chi connectivity index (χ1n) is 11.2. The summed E-state index contributed by atoms with van der Waals surface area (Å²) in [6.07, 6.45) is 8.31. The molecule has 1 saturated carbocycles. The fraction of sp³-hybridized carbons (Fsp3) is 0.667. The van der Waals surface area contributed by atoms with Gasteiger partial charge in [0.2, 0.25) is 0 Å². The number of non-ortho nitro benzene ring substituents is 1. The first kappa shape index (κ1) is 20.7. The van der Waals surface area contributed by atoms with Crippen LogP contribution in [0.4, 0.5) is 11.4 Å². The highest BCUT2D eigenvalue weighted by atomic mass is 16.6. The van der Waals surface area contributed by atoms with Crippen LogP contribution in [-0.4, -0.2) is 56.2 Å². The van der Waals surface area contributed by atoms with Gasteiger partial charge in [0.15, 0.2) is 5.82 Å². The van der Waals surface area contributed by atoms with Crippen LogP contribution in [0.15, 0.2) is 24.3 Å². The first-order chi connectivity index (χ1) is 14.7. The van der Waals surface area contributed by atoms with Crippen molar-refractivity contribution in [2.24, 2.45) is 0 Å². The first-order valence-corrected chi connectivity index (χ1v) is 11.2. The van der Waals surface area contributed by atoms with Gasteiger partial charge in [0.1, 0.15) is 0 Å². The largest absolute Gasteiger partial charge is 0.369 e. The van der Waals surface area contributed by atoms with E-state index in [9.17, 15) is 10.1 Å². The molecule has 162 valence electrons. The Hall–Kier alpha value is -2.55. The topological polar surface area (TPSA) is 93.2 Å². The molecule has 0 radical (unpaired) electrons. The van der Waals surface area contributed by atoms with Crippen LogP contribution in [-0.2, 0) is 0 Å². The zero-order valence-electron chi connectivity index (χ0n) is 17.7. The zero-order chi connectivity index (χ0) is 20.9. The molecule has 0 spiro atoms. The van der Waals surface area contributed by atoms with Crippen molar-refractivity contribution in [1.82, 2.24) is 25.1 Å². The van der Waals surface area contributed by atoms with Crippen molar-refractivity contribution in [3.8, 4) is 0 Å². The number of nitrogens with zero attached hydrogens (tertiary/aromatic N) is 7. The molecule has 4 rings (SSSR count). The van der Waals surface area contributed by atoms with E-state index < -0.39 is 0 Å². The summed E-state index contributed by atoms with van der Waals surface area (Å²) in [7, 11) is 0. The normalized spacial score (nSPS) is 19.7. The van der Waals surface area contributed by atoms with E-state index in [1.165, 1.54) is 32.1 Å². The maximum absolute atomic E-state index is 10.9. The molecule has 1 aromatic heterocycles. The van der Waals surface area contributed by atoms with Gasteiger partial charge in [-0.2, -0.15) is 0 Å². The summed E-state index contributed by atoms with van der Waals surface area (Å²) >= 11 is 0. The summed E-state index contributed by atoms with van der Waals surface area (Å²) in [5, 5.41) is 23.8. The van der Waals surface area contributed by atoms with E-state index in [0.717, 1.165) is 50.5 Å². The van der Waals surface area contributed by atoms with Crippen LogP contribution in [0.2, 0.25) is 0 Å². The van der Waals surface area contributed by atoms with E-state index in [0.29, 0.717) is 6.04 Å². The number of tetrazole rings is 1. The maximum Gasteiger partial charge on any atom is 0.269 e. The average Bonchev–Trinajstić information content (AvgIpc) is 3.28. The Bertz CT molecular complexity index is 824. The summed E-state index contributed by atoms with van der Waals surface area (Å²) in [5.41, 5.74) is 1.18. The Morgan fingerprint density at radius 1 is 1.10 bits per heavy atom. The molecular formula is C21H31N7O2. The lowest BCUT2D eigenvalue weighted by Gasteiger charge is -2.40. The molecule has 2 heterocycles. The van der Waals surface area contributed by atoms with Gasteiger partial charge in [0.05, 0.1) is 17.0 Å². The number of aromatic nitrogens is 4. The van der Waals surface area contributed by atoms with Crippen molar-refractivity contribution in [1.29, 1.82) is 0 Å². The van der Waals surface area contributed by atoms with Crippen molar-refractivity contribution in [3.05, 3.63) is 40.2 Å². The summed E-state index contributed by atoms with van der Waals surface area (Å²) in [6.45, 7) is 5.86. The van der Waals surface area contributed by atoms with Crippen LogP contribution in [0.5, 0.6) is 0 Å². The van der Waals surface area contributed by atoms with Gasteiger partial charge in [-0.25, -0.2) is 4.68 Å². The molecule has 2 aromatic rings. The van der Waals surface area contributed by atoms with Gasteiger partial charge in [0.25, 0.3) is 5.69 Å². The van der Waals surface area contributed by atoms with Gasteiger partial charge < -0.3 is 4.90 Å². The Balaban J connectivity index is 1.44. The van der Waals surface area contributed by atoms with Gasteiger partial charge in [-0.05, 0) is 41.8 Å². The second kappa shape index (κ2) is 9.51. The quantitative estimate of drug-likeness (QED) is 0.504. The van der Waals surface area contributed by atoms with Crippen molar-refractivity contribution in [3.63, 3.8) is 0 Å². The number of hydrogen-bond donors (Lipinski definition) is 0. The number of benzene rings is 1. The van der Waals surface area contributed by atoms with Gasteiger partial charge >= 0.3 is 0 Å². The van der Waals surface area contributed by atoms with E-state index >= 15 is 0 Å². The van der Waals surface area contributed by atoms with Crippen molar-refractivity contribution in [2.45, 2.75) is 64.0 Å². The van der Waals surface area contributed by atoms with E-state index in [4.69, 9.17) is 0 Å². The molecule has 30 heavy (non-hydrogen) atoms. The van der Waals surface area contributed by atoms with Crippen LogP contribution in [0.25, 0.3) is 0 Å². The molecule has 1 aliphatic heterocycles. The Kier molecular flexibility index (Phi) is 6.56. The number of nitro groups is 1. The molecule has 1 atom stereocenters. The number of piperazine rings is 1. The molecule has 0 amide bonds. The molecular weight excluding hydrogens is 382 g/mol. The lowest BCUT2D eigenvalue weighted by molar-refractivity contribution is -0.384. The molecule has 1 aliphatic carbocycles. The second-order valence-corrected chi connectivity index (χ2v) is 8.37. The molecule has 9 heteroatoms. The molecule has 1 aromatic carbocycles. The number of hydrogen-bond acceptors (Lipinski definition) is 7. The number of anilines is 1. The maximum atomic E-state index is 10.9. The average molecular weight is 414 g/mol. The minimum atomic E-state index is -0.354. The molecule has 0 bridgehead atoms. The highest BCUT2D eigenvalue weighted by Gasteiger charge is 2.31. The monoisotopic (exact) mass is 413 g/mol. The molecule has 1 saturated heterocycles. The standard InChI is InChI=1S/C21H31N7O2/c1-2-6-20(21-22-23-24-27(21)18-7-4-3-5-8-18)26-15-13-25(14-16-26)17-9-11-19(12-10-17)28(29)30/h9-12,18,20H,2-8,13-16H2,1H3/t20-/m0/s1. The second-order valence-electron chi connectivity index (χ2n) is 8.37. The van der Waals surface area contributed by atoms with Crippen LogP contribution < -0.4 is 4.90 Å². The minimum absolute atomic E-state index is 0.134. The smallest absolute Gasteiger partial charge is 0.269 e. The lowest BCUT2D eigenvalue weighted by atomic mass is 9.95. The van der Waals surface area contributed by atoms with Gasteiger partial charge in [-0.3, -0.25) is 15.0 Å². The molecule has 2 aliphatic rings. The van der Waals surface area contributed by atoms with E-state index in [2.05, 4.69) is 36.9 Å². The highest BCUT2D eigenvalue weighted by molar-refractivity contribution is 5.51. The van der Waals surface area contributed by atoms with Gasteiger partial charge in [0, 0.05) is 44.0 Å². The number of rotatable bonds is 7. The van der Waals surface area contributed by atoms with Crippen molar-refractivity contribution >= 4 is 11.4 Å². The molecule has 2 fully saturated rings. The van der Waals surface area contributed by atoms with Gasteiger partial charge in [-0.1, -0.05) is 32.6 Å².